The first-order chi connectivity index (χ1) is 15.0. The van der Waals surface area contributed by atoms with Gasteiger partial charge in [-0.3, -0.25) is 9.59 Å². The van der Waals surface area contributed by atoms with Gasteiger partial charge in [-0.25, -0.2) is 10.2 Å². The summed E-state index contributed by atoms with van der Waals surface area (Å²) in [4.78, 5) is 34.4. The zero-order chi connectivity index (χ0) is 22.5. The van der Waals surface area contributed by atoms with Crippen molar-refractivity contribution in [3.05, 3.63) is 59.7 Å². The second-order valence-corrected chi connectivity index (χ2v) is 6.45. The van der Waals surface area contributed by atoms with Gasteiger partial charge in [0.25, 0.3) is 11.8 Å². The number of aliphatic carboxylic acids is 1. The summed E-state index contributed by atoms with van der Waals surface area (Å²) in [5.74, 6) is -0.819. The molecule has 9 nitrogen and oxygen atoms in total. The van der Waals surface area contributed by atoms with Crippen LogP contribution in [0.15, 0.2) is 53.6 Å². The number of hydrogen-bond donors (Lipinski definition) is 3. The summed E-state index contributed by atoms with van der Waals surface area (Å²) in [6.07, 6.45) is 3.42. The van der Waals surface area contributed by atoms with Crippen LogP contribution in [0.25, 0.3) is 0 Å². The number of hydrogen-bond acceptors (Lipinski definition) is 6. The second-order valence-electron chi connectivity index (χ2n) is 6.45. The van der Waals surface area contributed by atoms with Crippen molar-refractivity contribution < 1.29 is 29.0 Å². The standard InChI is InChI=1S/C22H25N3O6/c1-2-3-12-30-18-10-6-17(7-11-18)22(29)23-14-20(26)25-24-13-16-4-8-19(9-5-16)31-15-21(27)28/h4-11,13H,2-3,12,14-15H2,1H3,(H,23,29)(H,25,26)(H,27,28)/b24-13+. The Bertz CT molecular complexity index is 894. The molecule has 2 rings (SSSR count). The molecule has 2 amide bonds. The molecule has 2 aromatic rings. The van der Waals surface area contributed by atoms with Gasteiger partial charge in [0.1, 0.15) is 11.5 Å². The Labute approximate surface area is 180 Å². The van der Waals surface area contributed by atoms with Crippen molar-refractivity contribution in [2.24, 2.45) is 5.10 Å². The minimum atomic E-state index is -1.06. The van der Waals surface area contributed by atoms with E-state index >= 15 is 0 Å². The molecule has 164 valence electrons. The Morgan fingerprint density at radius 3 is 2.29 bits per heavy atom. The molecule has 0 aliphatic carbocycles. The van der Waals surface area contributed by atoms with Gasteiger partial charge < -0.3 is 19.9 Å². The van der Waals surface area contributed by atoms with Crippen LogP contribution in [0, 0.1) is 0 Å². The van der Waals surface area contributed by atoms with Crippen LogP contribution in [-0.4, -0.2) is 48.9 Å². The van der Waals surface area contributed by atoms with E-state index in [1.807, 2.05) is 0 Å². The van der Waals surface area contributed by atoms with Gasteiger partial charge in [-0.15, -0.1) is 0 Å². The molecule has 0 aliphatic rings. The van der Waals surface area contributed by atoms with E-state index in [2.05, 4.69) is 22.8 Å². The van der Waals surface area contributed by atoms with Crippen molar-refractivity contribution in [3.8, 4) is 11.5 Å². The molecular formula is C22H25N3O6. The van der Waals surface area contributed by atoms with Gasteiger partial charge in [0.2, 0.25) is 0 Å². The van der Waals surface area contributed by atoms with E-state index in [9.17, 15) is 14.4 Å². The van der Waals surface area contributed by atoms with E-state index in [0.717, 1.165) is 12.8 Å². The first-order valence-electron chi connectivity index (χ1n) is 9.75. The minimum absolute atomic E-state index is 0.229. The largest absolute Gasteiger partial charge is 0.494 e. The van der Waals surface area contributed by atoms with E-state index in [1.54, 1.807) is 48.5 Å². The van der Waals surface area contributed by atoms with Crippen molar-refractivity contribution in [3.63, 3.8) is 0 Å². The lowest BCUT2D eigenvalue weighted by molar-refractivity contribution is -0.139. The molecular weight excluding hydrogens is 402 g/mol. The maximum Gasteiger partial charge on any atom is 0.341 e. The third-order valence-corrected chi connectivity index (χ3v) is 3.94. The fraction of sp³-hybridized carbons (Fsp3) is 0.273. The number of rotatable bonds is 12. The molecule has 3 N–H and O–H groups in total. The maximum absolute atomic E-state index is 12.1. The number of carbonyl (C=O) groups is 3. The number of unbranched alkanes of at least 4 members (excludes halogenated alkanes) is 1. The lowest BCUT2D eigenvalue weighted by atomic mass is 10.2. The van der Waals surface area contributed by atoms with Crippen LogP contribution in [0.1, 0.15) is 35.7 Å². The SMILES string of the molecule is CCCCOc1ccc(C(=O)NCC(=O)N/N=C/c2ccc(OCC(=O)O)cc2)cc1. The highest BCUT2D eigenvalue weighted by atomic mass is 16.5. The fourth-order valence-corrected chi connectivity index (χ4v) is 2.31. The molecule has 0 unspecified atom stereocenters. The molecule has 9 heteroatoms. The van der Waals surface area contributed by atoms with Gasteiger partial charge >= 0.3 is 5.97 Å². The summed E-state index contributed by atoms with van der Waals surface area (Å²) in [6.45, 7) is 2.06. The predicted octanol–water partition coefficient (Wildman–Crippen LogP) is 2.21. The zero-order valence-corrected chi connectivity index (χ0v) is 17.2. The Hall–Kier alpha value is -3.88. The summed E-state index contributed by atoms with van der Waals surface area (Å²) >= 11 is 0. The number of nitrogens with one attached hydrogen (secondary N) is 2. The number of hydrazone groups is 1. The van der Waals surface area contributed by atoms with Crippen molar-refractivity contribution in [1.82, 2.24) is 10.7 Å². The highest BCUT2D eigenvalue weighted by Gasteiger charge is 2.08. The van der Waals surface area contributed by atoms with Crippen molar-refractivity contribution in [1.29, 1.82) is 0 Å². The van der Waals surface area contributed by atoms with Gasteiger partial charge in [-0.2, -0.15) is 5.10 Å². The van der Waals surface area contributed by atoms with E-state index in [-0.39, 0.29) is 12.5 Å². The van der Waals surface area contributed by atoms with E-state index in [0.29, 0.717) is 29.2 Å². The van der Waals surface area contributed by atoms with E-state index in [1.165, 1.54) is 6.21 Å². The normalized spacial score (nSPS) is 10.5. The average Bonchev–Trinajstić information content (AvgIpc) is 2.77. The second kappa shape index (κ2) is 12.6. The molecule has 0 saturated carbocycles. The minimum Gasteiger partial charge on any atom is -0.494 e. The van der Waals surface area contributed by atoms with Gasteiger partial charge in [0.15, 0.2) is 6.61 Å². The van der Waals surface area contributed by atoms with Crippen LogP contribution in [0.4, 0.5) is 0 Å². The zero-order valence-electron chi connectivity index (χ0n) is 17.2. The van der Waals surface area contributed by atoms with E-state index < -0.39 is 18.5 Å². The smallest absolute Gasteiger partial charge is 0.341 e. The van der Waals surface area contributed by atoms with Gasteiger partial charge in [0.05, 0.1) is 19.4 Å². The van der Waals surface area contributed by atoms with Crippen molar-refractivity contribution in [2.75, 3.05) is 19.8 Å². The Balaban J connectivity index is 1.72. The first kappa shape index (κ1) is 23.4. The number of ether oxygens (including phenoxy) is 2. The lowest BCUT2D eigenvalue weighted by Crippen LogP contribution is -2.34. The molecule has 0 spiro atoms. The number of carbonyl (C=O) groups excluding carboxylic acids is 2. The summed E-state index contributed by atoms with van der Waals surface area (Å²) in [6, 6.07) is 13.2. The predicted molar refractivity (Wildman–Crippen MR) is 114 cm³/mol. The summed E-state index contributed by atoms with van der Waals surface area (Å²) < 4.78 is 10.6. The van der Waals surface area contributed by atoms with Crippen LogP contribution >= 0.6 is 0 Å². The maximum atomic E-state index is 12.1. The molecule has 0 atom stereocenters. The van der Waals surface area contributed by atoms with Crippen molar-refractivity contribution in [2.45, 2.75) is 19.8 Å². The Morgan fingerprint density at radius 2 is 1.65 bits per heavy atom. The monoisotopic (exact) mass is 427 g/mol. The molecule has 31 heavy (non-hydrogen) atoms. The average molecular weight is 427 g/mol. The molecule has 0 radical (unpaired) electrons. The van der Waals surface area contributed by atoms with Gasteiger partial charge in [0, 0.05) is 5.56 Å². The quantitative estimate of drug-likeness (QED) is 0.271. The highest BCUT2D eigenvalue weighted by Crippen LogP contribution is 2.13. The molecule has 2 aromatic carbocycles. The lowest BCUT2D eigenvalue weighted by Gasteiger charge is -2.07. The van der Waals surface area contributed by atoms with Crippen LogP contribution in [0.5, 0.6) is 11.5 Å². The topological polar surface area (TPSA) is 126 Å². The molecule has 0 heterocycles. The molecule has 0 saturated heterocycles. The fourth-order valence-electron chi connectivity index (χ4n) is 2.31. The number of carboxylic acids is 1. The van der Waals surface area contributed by atoms with Crippen molar-refractivity contribution >= 4 is 24.0 Å². The number of amides is 2. The first-order valence-corrected chi connectivity index (χ1v) is 9.75. The third-order valence-electron chi connectivity index (χ3n) is 3.94. The van der Waals surface area contributed by atoms with Crippen LogP contribution in [0.2, 0.25) is 0 Å². The third kappa shape index (κ3) is 8.99. The molecule has 0 fully saturated rings. The Kier molecular flexibility index (Phi) is 9.54. The number of benzene rings is 2. The van der Waals surface area contributed by atoms with E-state index in [4.69, 9.17) is 14.6 Å². The Morgan fingerprint density at radius 1 is 1.00 bits per heavy atom. The summed E-state index contributed by atoms with van der Waals surface area (Å²) in [7, 11) is 0. The summed E-state index contributed by atoms with van der Waals surface area (Å²) in [5.41, 5.74) is 3.41. The number of nitrogens with zero attached hydrogens (tertiary/aromatic N) is 1. The molecule has 0 aliphatic heterocycles. The van der Waals surface area contributed by atoms with Crippen LogP contribution < -0.4 is 20.2 Å². The van der Waals surface area contributed by atoms with Crippen LogP contribution in [-0.2, 0) is 9.59 Å². The highest BCUT2D eigenvalue weighted by molar-refractivity contribution is 5.96. The van der Waals surface area contributed by atoms with Gasteiger partial charge in [-0.1, -0.05) is 13.3 Å². The summed E-state index contributed by atoms with van der Waals surface area (Å²) in [5, 5.41) is 14.9. The number of carboxylic acid groups (broad SMARTS) is 1. The van der Waals surface area contributed by atoms with Gasteiger partial charge in [-0.05, 0) is 60.5 Å². The molecule has 0 bridgehead atoms. The van der Waals surface area contributed by atoms with Crippen LogP contribution in [0.3, 0.4) is 0 Å². The molecule has 0 aromatic heterocycles.